The number of rotatable bonds is 5. The van der Waals surface area contributed by atoms with Crippen LogP contribution in [0.2, 0.25) is 0 Å². The van der Waals surface area contributed by atoms with Crippen molar-refractivity contribution in [3.05, 3.63) is 24.3 Å². The van der Waals surface area contributed by atoms with E-state index in [0.29, 0.717) is 0 Å². The molecule has 0 N–H and O–H groups in total. The lowest BCUT2D eigenvalue weighted by Crippen LogP contribution is -2.48. The highest BCUT2D eigenvalue weighted by Crippen LogP contribution is 2.26. The Balaban J connectivity index is 2.89. The minimum atomic E-state index is -0.672. The number of carbonyl (C=O) groups excluding carboxylic acids is 1. The maximum atomic E-state index is 11.7. The molecule has 3 nitrogen and oxygen atoms in total. The molecule has 0 unspecified atom stereocenters. The molecule has 0 amide bonds. The number of thioether (sulfide) groups is 1. The molecule has 1 rings (SSSR count). The second-order valence-corrected chi connectivity index (χ2v) is 5.87. The van der Waals surface area contributed by atoms with Crippen molar-refractivity contribution < 1.29 is 9.53 Å². The molecular formula is C14H21NO2S. The predicted octanol–water partition coefficient (Wildman–Crippen LogP) is 3.19. The van der Waals surface area contributed by atoms with Gasteiger partial charge in [0, 0.05) is 17.6 Å². The molecule has 0 fully saturated rings. The molecule has 0 aliphatic carbocycles. The second-order valence-electron chi connectivity index (χ2n) is 4.54. The van der Waals surface area contributed by atoms with Crippen LogP contribution in [0.3, 0.4) is 0 Å². The van der Waals surface area contributed by atoms with Crippen molar-refractivity contribution in [2.45, 2.75) is 31.2 Å². The van der Waals surface area contributed by atoms with Crippen molar-refractivity contribution >= 4 is 23.4 Å². The van der Waals surface area contributed by atoms with Crippen LogP contribution in [0.15, 0.2) is 29.2 Å². The largest absolute Gasteiger partial charge is 0.467 e. The van der Waals surface area contributed by atoms with Crippen molar-refractivity contribution in [3.63, 3.8) is 0 Å². The van der Waals surface area contributed by atoms with Crippen molar-refractivity contribution in [3.8, 4) is 0 Å². The summed E-state index contributed by atoms with van der Waals surface area (Å²) in [6.45, 7) is 5.84. The van der Waals surface area contributed by atoms with E-state index >= 15 is 0 Å². The molecule has 4 heteroatoms. The Hall–Kier alpha value is -1.16. The molecule has 1 aromatic rings. The van der Waals surface area contributed by atoms with Gasteiger partial charge in [0.15, 0.2) is 0 Å². The van der Waals surface area contributed by atoms with E-state index in [1.807, 2.05) is 37.9 Å². The first-order valence-electron chi connectivity index (χ1n) is 5.98. The fraction of sp³-hybridized carbons (Fsp3) is 0.500. The molecule has 0 aromatic heterocycles. The van der Waals surface area contributed by atoms with E-state index in [2.05, 4.69) is 19.1 Å². The molecule has 0 radical (unpaired) electrons. The Morgan fingerprint density at radius 1 is 1.33 bits per heavy atom. The third-order valence-corrected chi connectivity index (χ3v) is 3.95. The van der Waals surface area contributed by atoms with Gasteiger partial charge in [0.05, 0.1) is 7.11 Å². The minimum Gasteiger partial charge on any atom is -0.467 e. The third kappa shape index (κ3) is 3.19. The van der Waals surface area contributed by atoms with Gasteiger partial charge in [-0.05, 0) is 43.9 Å². The fourth-order valence-corrected chi connectivity index (χ4v) is 2.30. The van der Waals surface area contributed by atoms with Crippen molar-refractivity contribution in [2.24, 2.45) is 0 Å². The van der Waals surface area contributed by atoms with Gasteiger partial charge >= 0.3 is 5.97 Å². The van der Waals surface area contributed by atoms with E-state index in [-0.39, 0.29) is 5.97 Å². The number of hydrogen-bond donors (Lipinski definition) is 0. The zero-order valence-corrected chi connectivity index (χ0v) is 12.5. The van der Waals surface area contributed by atoms with Crippen LogP contribution in [0.1, 0.15) is 20.8 Å². The molecule has 1 aromatic carbocycles. The Morgan fingerprint density at radius 3 is 2.33 bits per heavy atom. The number of hydrogen-bond acceptors (Lipinski definition) is 4. The summed E-state index contributed by atoms with van der Waals surface area (Å²) in [6.07, 6.45) is 0. The van der Waals surface area contributed by atoms with E-state index in [9.17, 15) is 4.79 Å². The summed E-state index contributed by atoms with van der Waals surface area (Å²) in [4.78, 5) is 14.9. The maximum Gasteiger partial charge on any atom is 0.331 e. The first kappa shape index (κ1) is 14.9. The molecule has 0 saturated carbocycles. The van der Waals surface area contributed by atoms with Crippen LogP contribution in [0.25, 0.3) is 0 Å². The van der Waals surface area contributed by atoms with Crippen LogP contribution < -0.4 is 4.90 Å². The number of likely N-dealkylation sites (N-methyl/N-ethyl adjacent to an activating group) is 1. The Kier molecular flexibility index (Phi) is 5.08. The first-order chi connectivity index (χ1) is 8.43. The Morgan fingerprint density at radius 2 is 1.89 bits per heavy atom. The maximum absolute atomic E-state index is 11.7. The number of anilines is 1. The van der Waals surface area contributed by atoms with E-state index in [1.54, 1.807) is 11.8 Å². The van der Waals surface area contributed by atoms with Crippen LogP contribution in [0.4, 0.5) is 5.69 Å². The molecule has 0 heterocycles. The smallest absolute Gasteiger partial charge is 0.331 e. The highest BCUT2D eigenvalue weighted by molar-refractivity contribution is 7.99. The molecule has 0 aliphatic rings. The molecule has 0 atom stereocenters. The number of carbonyl (C=O) groups is 1. The summed E-state index contributed by atoms with van der Waals surface area (Å²) in [5, 5.41) is 0. The van der Waals surface area contributed by atoms with Gasteiger partial charge in [-0.2, -0.15) is 0 Å². The molecule has 0 aliphatic heterocycles. The summed E-state index contributed by atoms with van der Waals surface area (Å²) < 4.78 is 4.84. The molecule has 0 saturated heterocycles. The molecule has 18 heavy (non-hydrogen) atoms. The van der Waals surface area contributed by atoms with Gasteiger partial charge in [0.1, 0.15) is 5.54 Å². The van der Waals surface area contributed by atoms with Crippen LogP contribution in [-0.2, 0) is 9.53 Å². The fourth-order valence-electron chi connectivity index (χ4n) is 1.64. The summed E-state index contributed by atoms with van der Waals surface area (Å²) in [5.41, 5.74) is 0.333. The van der Waals surface area contributed by atoms with Gasteiger partial charge < -0.3 is 9.64 Å². The molecule has 0 spiro atoms. The number of methoxy groups -OCH3 is 1. The highest BCUT2D eigenvalue weighted by atomic mass is 32.2. The summed E-state index contributed by atoms with van der Waals surface area (Å²) in [5.74, 6) is 0.819. The quantitative estimate of drug-likeness (QED) is 0.605. The third-order valence-electron chi connectivity index (χ3n) is 3.06. The van der Waals surface area contributed by atoms with Gasteiger partial charge in [-0.3, -0.25) is 0 Å². The van der Waals surface area contributed by atoms with Gasteiger partial charge in [-0.15, -0.1) is 11.8 Å². The predicted molar refractivity (Wildman–Crippen MR) is 77.3 cm³/mol. The minimum absolute atomic E-state index is 0.239. The standard InChI is InChI=1S/C14H21NO2S/c1-6-18-12-9-7-11(8-10-12)15(4)14(2,3)13(16)17-5/h7-10H,6H2,1-5H3. The lowest BCUT2D eigenvalue weighted by atomic mass is 10.0. The summed E-state index contributed by atoms with van der Waals surface area (Å²) in [6, 6.07) is 8.21. The van der Waals surface area contributed by atoms with E-state index in [0.717, 1.165) is 11.4 Å². The molecule has 0 bridgehead atoms. The van der Waals surface area contributed by atoms with E-state index in [1.165, 1.54) is 12.0 Å². The average molecular weight is 267 g/mol. The molecule has 100 valence electrons. The topological polar surface area (TPSA) is 29.5 Å². The Labute approximate surface area is 114 Å². The number of benzene rings is 1. The molecular weight excluding hydrogens is 246 g/mol. The van der Waals surface area contributed by atoms with Crippen LogP contribution in [0.5, 0.6) is 0 Å². The van der Waals surface area contributed by atoms with Crippen molar-refractivity contribution in [1.82, 2.24) is 0 Å². The number of ether oxygens (including phenoxy) is 1. The lowest BCUT2D eigenvalue weighted by Gasteiger charge is -2.34. The van der Waals surface area contributed by atoms with Crippen LogP contribution in [0, 0.1) is 0 Å². The van der Waals surface area contributed by atoms with Crippen molar-refractivity contribution in [1.29, 1.82) is 0 Å². The highest BCUT2D eigenvalue weighted by Gasteiger charge is 2.33. The average Bonchev–Trinajstić information content (AvgIpc) is 2.38. The van der Waals surface area contributed by atoms with E-state index < -0.39 is 5.54 Å². The van der Waals surface area contributed by atoms with Crippen LogP contribution in [-0.4, -0.2) is 31.4 Å². The lowest BCUT2D eigenvalue weighted by molar-refractivity contribution is -0.145. The van der Waals surface area contributed by atoms with Crippen molar-refractivity contribution in [2.75, 3.05) is 24.8 Å². The van der Waals surface area contributed by atoms with Gasteiger partial charge in [-0.1, -0.05) is 6.92 Å². The zero-order valence-electron chi connectivity index (χ0n) is 11.7. The second kappa shape index (κ2) is 6.14. The van der Waals surface area contributed by atoms with E-state index in [4.69, 9.17) is 4.74 Å². The normalized spacial score (nSPS) is 11.2. The number of nitrogens with zero attached hydrogens (tertiary/aromatic N) is 1. The zero-order chi connectivity index (χ0) is 13.8. The summed E-state index contributed by atoms with van der Waals surface area (Å²) >= 11 is 1.80. The van der Waals surface area contributed by atoms with Gasteiger partial charge in [0.2, 0.25) is 0 Å². The van der Waals surface area contributed by atoms with Gasteiger partial charge in [0.25, 0.3) is 0 Å². The van der Waals surface area contributed by atoms with Gasteiger partial charge in [-0.25, -0.2) is 4.79 Å². The number of esters is 1. The summed E-state index contributed by atoms with van der Waals surface area (Å²) in [7, 11) is 3.32. The SMILES string of the molecule is CCSc1ccc(N(C)C(C)(C)C(=O)OC)cc1. The van der Waals surface area contributed by atoms with Crippen LogP contribution >= 0.6 is 11.8 Å². The first-order valence-corrected chi connectivity index (χ1v) is 6.97. The Bertz CT molecular complexity index is 401. The monoisotopic (exact) mass is 267 g/mol.